The van der Waals surface area contributed by atoms with Crippen LogP contribution in [0, 0.1) is 0 Å². The van der Waals surface area contributed by atoms with Crippen molar-refractivity contribution in [1.29, 1.82) is 0 Å². The lowest BCUT2D eigenvalue weighted by molar-refractivity contribution is -0.106. The van der Waals surface area contributed by atoms with Gasteiger partial charge in [-0.15, -0.1) is 0 Å². The molecule has 0 saturated heterocycles. The fraction of sp³-hybridized carbons (Fsp3) is 1.00. The van der Waals surface area contributed by atoms with Gasteiger partial charge >= 0.3 is 6.18 Å². The van der Waals surface area contributed by atoms with Gasteiger partial charge in [-0.25, -0.2) is 8.42 Å². The Morgan fingerprint density at radius 1 is 1.15 bits per heavy atom. The zero-order chi connectivity index (χ0) is 10.9. The molecule has 0 fully saturated rings. The molecule has 0 aromatic rings. The Morgan fingerprint density at radius 3 is 1.77 bits per heavy atom. The Bertz CT molecular complexity index is 239. The molecular formula is C6H11F3O2S2. The first-order valence-corrected chi connectivity index (χ1v) is 6.40. The Balaban J connectivity index is 4.46. The van der Waals surface area contributed by atoms with E-state index in [0.29, 0.717) is 10.8 Å². The Hall–Kier alpha value is 0.0900. The van der Waals surface area contributed by atoms with Gasteiger partial charge in [-0.3, -0.25) is 0 Å². The van der Waals surface area contributed by atoms with Crippen LogP contribution in [0.1, 0.15) is 20.8 Å². The summed E-state index contributed by atoms with van der Waals surface area (Å²) < 4.78 is 56.3. The van der Waals surface area contributed by atoms with Crippen molar-refractivity contribution >= 4 is 19.7 Å². The summed E-state index contributed by atoms with van der Waals surface area (Å²) in [7, 11) is -3.77. The average Bonchev–Trinajstić information content (AvgIpc) is 1.43. The molecule has 0 N–H and O–H groups in total. The van der Waals surface area contributed by atoms with E-state index in [-0.39, 0.29) is 0 Å². The molecule has 0 spiro atoms. The maximum Gasteiger partial charge on any atom is 0.403 e. The maximum atomic E-state index is 11.7. The van der Waals surface area contributed by atoms with Crippen LogP contribution in [0.4, 0.5) is 13.2 Å². The molecule has 2 nitrogen and oxygen atoms in total. The van der Waals surface area contributed by atoms with Gasteiger partial charge in [0.15, 0.2) is 5.75 Å². The highest BCUT2D eigenvalue weighted by Gasteiger charge is 2.37. The van der Waals surface area contributed by atoms with Crippen molar-refractivity contribution < 1.29 is 21.6 Å². The summed E-state index contributed by atoms with van der Waals surface area (Å²) in [6.07, 6.45) is -4.66. The van der Waals surface area contributed by atoms with Crippen LogP contribution in [-0.2, 0) is 8.87 Å². The van der Waals surface area contributed by atoms with Crippen molar-refractivity contribution in [2.45, 2.75) is 31.7 Å². The smallest absolute Gasteiger partial charge is 0.217 e. The minimum Gasteiger partial charge on any atom is -0.217 e. The van der Waals surface area contributed by atoms with Gasteiger partial charge in [0.05, 0.1) is 0 Å². The second-order valence-corrected chi connectivity index (χ2v) is 8.33. The standard InChI is InChI=1S/C6H11F3O2S2/c1-5(2,3)12-13(10,11)4-6(7,8)9/h4H2,1-3H3. The second-order valence-electron chi connectivity index (χ2n) is 3.51. The van der Waals surface area contributed by atoms with Crippen LogP contribution in [0.15, 0.2) is 0 Å². The highest BCUT2D eigenvalue weighted by atomic mass is 33.1. The molecule has 80 valence electrons. The van der Waals surface area contributed by atoms with Crippen molar-refractivity contribution in [1.82, 2.24) is 0 Å². The maximum absolute atomic E-state index is 11.7. The molecule has 0 aromatic carbocycles. The molecule has 13 heavy (non-hydrogen) atoms. The molecule has 0 radical (unpaired) electrons. The molecule has 0 aliphatic heterocycles. The van der Waals surface area contributed by atoms with Crippen molar-refractivity contribution in [2.75, 3.05) is 5.75 Å². The molecule has 0 saturated carbocycles. The third-order valence-electron chi connectivity index (χ3n) is 0.717. The van der Waals surface area contributed by atoms with E-state index in [2.05, 4.69) is 0 Å². The van der Waals surface area contributed by atoms with E-state index in [0.717, 1.165) is 0 Å². The average molecular weight is 236 g/mol. The summed E-state index contributed by atoms with van der Waals surface area (Å²) in [5, 5.41) is 0. The molecule has 7 heteroatoms. The third-order valence-corrected chi connectivity index (χ3v) is 4.77. The van der Waals surface area contributed by atoms with Gasteiger partial charge in [-0.05, 0) is 31.6 Å². The van der Waals surface area contributed by atoms with Gasteiger partial charge in [-0.2, -0.15) is 13.2 Å². The van der Waals surface area contributed by atoms with E-state index in [1.807, 2.05) is 0 Å². The molecule has 0 aromatic heterocycles. The van der Waals surface area contributed by atoms with Gasteiger partial charge in [0.2, 0.25) is 8.87 Å². The lowest BCUT2D eigenvalue weighted by Gasteiger charge is -2.17. The molecule has 0 rings (SSSR count). The van der Waals surface area contributed by atoms with Crippen LogP contribution >= 0.6 is 10.8 Å². The molecule has 0 heterocycles. The van der Waals surface area contributed by atoms with Crippen LogP contribution in [-0.4, -0.2) is 25.1 Å². The topological polar surface area (TPSA) is 34.1 Å². The minimum absolute atomic E-state index is 0.338. The van der Waals surface area contributed by atoms with Gasteiger partial charge in [0, 0.05) is 4.75 Å². The van der Waals surface area contributed by atoms with Crippen molar-refractivity contribution in [3.63, 3.8) is 0 Å². The van der Waals surface area contributed by atoms with Gasteiger partial charge < -0.3 is 0 Å². The first kappa shape index (κ1) is 13.1. The predicted molar refractivity (Wildman–Crippen MR) is 47.2 cm³/mol. The van der Waals surface area contributed by atoms with Crippen LogP contribution in [0.5, 0.6) is 0 Å². The summed E-state index contributed by atoms with van der Waals surface area (Å²) in [4.78, 5) is 0. The molecule has 0 aliphatic rings. The predicted octanol–water partition coefficient (Wildman–Crippen LogP) is 2.41. The lowest BCUT2D eigenvalue weighted by Crippen LogP contribution is -2.24. The van der Waals surface area contributed by atoms with Crippen LogP contribution in [0.25, 0.3) is 0 Å². The van der Waals surface area contributed by atoms with Crippen LogP contribution < -0.4 is 0 Å². The summed E-state index contributed by atoms with van der Waals surface area (Å²) in [6.45, 7) is 4.64. The summed E-state index contributed by atoms with van der Waals surface area (Å²) in [6, 6.07) is 0. The van der Waals surface area contributed by atoms with E-state index >= 15 is 0 Å². The van der Waals surface area contributed by atoms with E-state index in [1.165, 1.54) is 0 Å². The van der Waals surface area contributed by atoms with Crippen LogP contribution in [0.3, 0.4) is 0 Å². The number of hydrogen-bond donors (Lipinski definition) is 0. The zero-order valence-corrected chi connectivity index (χ0v) is 9.11. The summed E-state index contributed by atoms with van der Waals surface area (Å²) in [5.74, 6) is -1.76. The number of halogens is 3. The first-order valence-electron chi connectivity index (χ1n) is 3.41. The quantitative estimate of drug-likeness (QED) is 0.690. The van der Waals surface area contributed by atoms with E-state index in [4.69, 9.17) is 0 Å². The molecule has 0 atom stereocenters. The molecule has 0 aliphatic carbocycles. The normalized spacial score (nSPS) is 14.6. The fourth-order valence-electron chi connectivity index (χ4n) is 0.611. The van der Waals surface area contributed by atoms with E-state index < -0.39 is 25.5 Å². The second kappa shape index (κ2) is 3.68. The number of rotatable bonds is 2. The molecular weight excluding hydrogens is 225 g/mol. The van der Waals surface area contributed by atoms with E-state index in [9.17, 15) is 21.6 Å². The first-order chi connectivity index (χ1) is 5.41. The Morgan fingerprint density at radius 2 is 1.54 bits per heavy atom. The monoisotopic (exact) mass is 236 g/mol. The minimum atomic E-state index is -4.66. The summed E-state index contributed by atoms with van der Waals surface area (Å²) >= 11 is 0. The van der Waals surface area contributed by atoms with Crippen molar-refractivity contribution in [3.05, 3.63) is 0 Å². The Labute approximate surface area is 79.2 Å². The largest absolute Gasteiger partial charge is 0.403 e. The van der Waals surface area contributed by atoms with Crippen molar-refractivity contribution in [2.24, 2.45) is 0 Å². The molecule has 0 amide bonds. The highest BCUT2D eigenvalue weighted by Crippen LogP contribution is 2.33. The molecule has 0 unspecified atom stereocenters. The van der Waals surface area contributed by atoms with Gasteiger partial charge in [0.25, 0.3) is 0 Å². The zero-order valence-electron chi connectivity index (χ0n) is 7.47. The third kappa shape index (κ3) is 8.42. The lowest BCUT2D eigenvalue weighted by atomic mass is 10.3. The SMILES string of the molecule is CC(C)(C)SS(=O)(=O)CC(F)(F)F. The van der Waals surface area contributed by atoms with E-state index in [1.54, 1.807) is 20.8 Å². The fourth-order valence-corrected chi connectivity index (χ4v) is 4.70. The number of hydrogen-bond acceptors (Lipinski definition) is 3. The van der Waals surface area contributed by atoms with Crippen LogP contribution in [0.2, 0.25) is 0 Å². The molecule has 0 bridgehead atoms. The highest BCUT2D eigenvalue weighted by molar-refractivity contribution is 8.72. The van der Waals surface area contributed by atoms with Gasteiger partial charge in [0.1, 0.15) is 0 Å². The van der Waals surface area contributed by atoms with Crippen molar-refractivity contribution in [3.8, 4) is 0 Å². The van der Waals surface area contributed by atoms with Gasteiger partial charge in [-0.1, -0.05) is 0 Å². The summed E-state index contributed by atoms with van der Waals surface area (Å²) in [5.41, 5.74) is 0. The number of alkyl halides is 3. The Kier molecular flexibility index (Phi) is 3.71.